The molecule has 0 unspecified atom stereocenters. The van der Waals surface area contributed by atoms with Gasteiger partial charge in [-0.15, -0.1) is 4.68 Å². The van der Waals surface area contributed by atoms with Crippen molar-refractivity contribution in [3.63, 3.8) is 0 Å². The van der Waals surface area contributed by atoms with Gasteiger partial charge in [-0.05, 0) is 48.2 Å². The van der Waals surface area contributed by atoms with Gasteiger partial charge in [-0.25, -0.2) is 9.91 Å². The Hall–Kier alpha value is -3.28. The molecule has 6 heteroatoms. The van der Waals surface area contributed by atoms with E-state index in [-0.39, 0.29) is 0 Å². The van der Waals surface area contributed by atoms with Crippen LogP contribution in [-0.4, -0.2) is 33.2 Å². The number of benzene rings is 2. The molecule has 0 fully saturated rings. The third-order valence-electron chi connectivity index (χ3n) is 5.52. The van der Waals surface area contributed by atoms with E-state index < -0.39 is 0 Å². The van der Waals surface area contributed by atoms with Gasteiger partial charge in [0.2, 0.25) is 0 Å². The van der Waals surface area contributed by atoms with Gasteiger partial charge in [0.25, 0.3) is 0 Å². The van der Waals surface area contributed by atoms with Crippen LogP contribution in [0.15, 0.2) is 54.9 Å². The molecule has 1 aromatic heterocycles. The predicted molar refractivity (Wildman–Crippen MR) is 127 cm³/mol. The van der Waals surface area contributed by atoms with Gasteiger partial charge in [0.1, 0.15) is 11.9 Å². The zero-order valence-electron chi connectivity index (χ0n) is 18.9. The zero-order valence-corrected chi connectivity index (χ0v) is 18.9. The van der Waals surface area contributed by atoms with Crippen LogP contribution in [0.2, 0.25) is 0 Å². The third-order valence-corrected chi connectivity index (χ3v) is 5.52. The Balaban J connectivity index is 2.05. The molecule has 3 rings (SSSR count). The summed E-state index contributed by atoms with van der Waals surface area (Å²) in [5, 5.41) is 8.78. The van der Waals surface area contributed by atoms with E-state index in [0.717, 1.165) is 41.5 Å². The fourth-order valence-electron chi connectivity index (χ4n) is 3.64. The first-order chi connectivity index (χ1) is 14.5. The van der Waals surface area contributed by atoms with Crippen molar-refractivity contribution in [2.45, 2.75) is 26.7 Å². The van der Waals surface area contributed by atoms with Crippen LogP contribution in [0.3, 0.4) is 0 Å². The molecule has 0 spiro atoms. The predicted octanol–water partition coefficient (Wildman–Crippen LogP) is 4.24. The summed E-state index contributed by atoms with van der Waals surface area (Å²) in [5.74, 6) is 0.822. The Bertz CT molecular complexity index is 920. The van der Waals surface area contributed by atoms with E-state index in [1.807, 2.05) is 39.6 Å². The van der Waals surface area contributed by atoms with Gasteiger partial charge >= 0.3 is 5.95 Å². The molecule has 1 heterocycles. The van der Waals surface area contributed by atoms with Crippen LogP contribution in [-0.2, 0) is 12.8 Å². The summed E-state index contributed by atoms with van der Waals surface area (Å²) >= 11 is 0. The standard InChI is InChI=1S/C24H33N6/c1-7-18-10-12-22(20(16-18)25-3)28(5)24-27-14-9-15-30(24)29(6)23-13-11-19(8-2)17-21(23)26-4/h9-17,25-26H,7-8H2,1-6H3/q+1. The molecule has 0 saturated heterocycles. The van der Waals surface area contributed by atoms with Crippen LogP contribution >= 0.6 is 0 Å². The van der Waals surface area contributed by atoms with Gasteiger partial charge in [0.05, 0.1) is 30.3 Å². The molecule has 2 aromatic carbocycles. The molecule has 158 valence electrons. The van der Waals surface area contributed by atoms with E-state index in [4.69, 9.17) is 4.98 Å². The summed E-state index contributed by atoms with van der Waals surface area (Å²) in [5.41, 5.74) is 6.94. The topological polar surface area (TPSA) is 47.3 Å². The van der Waals surface area contributed by atoms with E-state index in [1.54, 1.807) is 0 Å². The molecule has 0 aliphatic heterocycles. The highest BCUT2D eigenvalue weighted by Gasteiger charge is 2.25. The van der Waals surface area contributed by atoms with Crippen molar-refractivity contribution < 1.29 is 4.68 Å². The highest BCUT2D eigenvalue weighted by atomic mass is 15.6. The van der Waals surface area contributed by atoms with Crippen molar-refractivity contribution in [2.75, 3.05) is 48.7 Å². The Kier molecular flexibility index (Phi) is 6.77. The van der Waals surface area contributed by atoms with Crippen LogP contribution in [0.25, 0.3) is 0 Å². The van der Waals surface area contributed by atoms with Gasteiger partial charge in [0, 0.05) is 27.2 Å². The monoisotopic (exact) mass is 405 g/mol. The van der Waals surface area contributed by atoms with Gasteiger partial charge in [0.15, 0.2) is 0 Å². The Morgan fingerprint density at radius 3 is 2.00 bits per heavy atom. The molecule has 0 atom stereocenters. The van der Waals surface area contributed by atoms with E-state index in [0.29, 0.717) is 0 Å². The normalized spacial score (nSPS) is 10.6. The van der Waals surface area contributed by atoms with E-state index in [9.17, 15) is 0 Å². The lowest BCUT2D eigenvalue weighted by molar-refractivity contribution is -0.671. The maximum atomic E-state index is 4.71. The van der Waals surface area contributed by atoms with E-state index >= 15 is 0 Å². The molecular weight excluding hydrogens is 372 g/mol. The number of nitrogens with zero attached hydrogens (tertiary/aromatic N) is 4. The molecule has 0 amide bonds. The Morgan fingerprint density at radius 1 is 0.867 bits per heavy atom. The SMILES string of the molecule is CCc1ccc(N(C)c2nccc[n+]2N(C)c2ccc(CC)cc2NC)c(NC)c1. The zero-order chi connectivity index (χ0) is 21.7. The second-order valence-electron chi connectivity index (χ2n) is 7.26. The molecule has 0 bridgehead atoms. The number of aromatic nitrogens is 2. The number of aryl methyl sites for hydroxylation is 2. The lowest BCUT2D eigenvalue weighted by Gasteiger charge is -2.25. The highest BCUT2D eigenvalue weighted by molar-refractivity contribution is 5.74. The van der Waals surface area contributed by atoms with Crippen molar-refractivity contribution in [3.8, 4) is 0 Å². The van der Waals surface area contributed by atoms with Crippen molar-refractivity contribution >= 4 is 28.7 Å². The minimum atomic E-state index is 0.822. The quantitative estimate of drug-likeness (QED) is 0.549. The summed E-state index contributed by atoms with van der Waals surface area (Å²) < 4.78 is 2.06. The average molecular weight is 406 g/mol. The molecule has 0 saturated carbocycles. The summed E-state index contributed by atoms with van der Waals surface area (Å²) in [7, 11) is 8.02. The van der Waals surface area contributed by atoms with Gasteiger partial charge < -0.3 is 10.6 Å². The molecule has 0 radical (unpaired) electrons. The Labute approximate surface area is 180 Å². The fraction of sp³-hybridized carbons (Fsp3) is 0.333. The smallest absolute Gasteiger partial charge is 0.386 e. The number of anilines is 5. The van der Waals surface area contributed by atoms with E-state index in [1.165, 1.54) is 11.1 Å². The van der Waals surface area contributed by atoms with Crippen molar-refractivity contribution in [3.05, 3.63) is 66.0 Å². The largest absolute Gasteiger partial charge is 0.421 e. The van der Waals surface area contributed by atoms with Crippen LogP contribution in [0, 0.1) is 0 Å². The average Bonchev–Trinajstić information content (AvgIpc) is 2.82. The second-order valence-corrected chi connectivity index (χ2v) is 7.26. The number of hydrogen-bond acceptors (Lipinski definition) is 5. The first-order valence-electron chi connectivity index (χ1n) is 10.5. The third kappa shape index (κ3) is 4.17. The fourth-order valence-corrected chi connectivity index (χ4v) is 3.64. The Morgan fingerprint density at radius 2 is 1.43 bits per heavy atom. The molecule has 0 aliphatic carbocycles. The van der Waals surface area contributed by atoms with E-state index in [2.05, 4.69) is 82.5 Å². The van der Waals surface area contributed by atoms with Crippen LogP contribution in [0.4, 0.5) is 28.7 Å². The summed E-state index contributed by atoms with van der Waals surface area (Å²) in [6.07, 6.45) is 5.87. The second kappa shape index (κ2) is 9.48. The van der Waals surface area contributed by atoms with Gasteiger partial charge in [-0.1, -0.05) is 31.0 Å². The summed E-state index contributed by atoms with van der Waals surface area (Å²) in [6.45, 7) is 4.34. The maximum Gasteiger partial charge on any atom is 0.421 e. The van der Waals surface area contributed by atoms with Crippen LogP contribution < -0.4 is 25.2 Å². The summed E-state index contributed by atoms with van der Waals surface area (Å²) in [4.78, 5) is 6.82. The lowest BCUT2D eigenvalue weighted by Crippen LogP contribution is -2.55. The van der Waals surface area contributed by atoms with Crippen LogP contribution in [0.1, 0.15) is 25.0 Å². The highest BCUT2D eigenvalue weighted by Crippen LogP contribution is 2.30. The summed E-state index contributed by atoms with van der Waals surface area (Å²) in [6, 6.07) is 15.0. The lowest BCUT2D eigenvalue weighted by atomic mass is 10.1. The number of rotatable bonds is 8. The number of hydrogen-bond donors (Lipinski definition) is 2. The molecular formula is C24H33N6+. The van der Waals surface area contributed by atoms with Crippen molar-refractivity contribution in [1.82, 2.24) is 4.98 Å². The van der Waals surface area contributed by atoms with Crippen molar-refractivity contribution in [2.24, 2.45) is 0 Å². The maximum absolute atomic E-state index is 4.71. The van der Waals surface area contributed by atoms with Crippen molar-refractivity contribution in [1.29, 1.82) is 0 Å². The first-order valence-corrected chi connectivity index (χ1v) is 10.5. The molecule has 2 N–H and O–H groups in total. The minimum Gasteiger partial charge on any atom is -0.386 e. The van der Waals surface area contributed by atoms with Crippen LogP contribution in [0.5, 0.6) is 0 Å². The van der Waals surface area contributed by atoms with Gasteiger partial charge in [-0.3, -0.25) is 0 Å². The number of nitrogens with one attached hydrogen (secondary N) is 2. The minimum absolute atomic E-state index is 0.822. The molecule has 30 heavy (non-hydrogen) atoms. The molecule has 3 aromatic rings. The molecule has 6 nitrogen and oxygen atoms in total. The first kappa shape index (κ1) is 21.4. The molecule has 0 aliphatic rings. The van der Waals surface area contributed by atoms with Gasteiger partial charge in [-0.2, -0.15) is 0 Å².